The Morgan fingerprint density at radius 2 is 1.91 bits per heavy atom. The summed E-state index contributed by atoms with van der Waals surface area (Å²) in [5.41, 5.74) is 2.62. The molecule has 2 aromatic carbocycles. The molecule has 0 amide bonds. The molecular weight excluding hydrogens is 310 g/mol. The van der Waals surface area contributed by atoms with Gasteiger partial charge in [-0.2, -0.15) is 0 Å². The van der Waals surface area contributed by atoms with Crippen molar-refractivity contribution in [1.29, 1.82) is 0 Å². The van der Waals surface area contributed by atoms with E-state index >= 15 is 0 Å². The van der Waals surface area contributed by atoms with Gasteiger partial charge in [-0.25, -0.2) is 0 Å². The van der Waals surface area contributed by atoms with E-state index in [9.17, 15) is 0 Å². The summed E-state index contributed by atoms with van der Waals surface area (Å²) in [6, 6.07) is 16.9. The van der Waals surface area contributed by atoms with Gasteiger partial charge >= 0.3 is 0 Å². The van der Waals surface area contributed by atoms with Gasteiger partial charge in [0.2, 0.25) is 0 Å². The Hall–Kier alpha value is -1.71. The SMILES string of the molecule is CN(C)CCOc1ccc2c(c1)OCCC2c1ccccc1.Cl. The predicted octanol–water partition coefficient (Wildman–Crippen LogP) is 3.96. The third-order valence-corrected chi connectivity index (χ3v) is 4.03. The maximum Gasteiger partial charge on any atom is 0.126 e. The predicted molar refractivity (Wildman–Crippen MR) is 96.1 cm³/mol. The first-order valence-electron chi connectivity index (χ1n) is 7.83. The van der Waals surface area contributed by atoms with Gasteiger partial charge in [0.05, 0.1) is 6.61 Å². The second-order valence-electron chi connectivity index (χ2n) is 5.95. The number of likely N-dealkylation sites (N-methyl/N-ethyl adjacent to an activating group) is 1. The topological polar surface area (TPSA) is 21.7 Å². The van der Waals surface area contributed by atoms with Crippen LogP contribution in [0.1, 0.15) is 23.5 Å². The zero-order valence-electron chi connectivity index (χ0n) is 13.7. The van der Waals surface area contributed by atoms with Gasteiger partial charge in [0.1, 0.15) is 18.1 Å². The van der Waals surface area contributed by atoms with E-state index in [2.05, 4.69) is 47.4 Å². The van der Waals surface area contributed by atoms with Gasteiger partial charge in [0, 0.05) is 24.1 Å². The average molecular weight is 334 g/mol. The van der Waals surface area contributed by atoms with Crippen molar-refractivity contribution >= 4 is 12.4 Å². The number of hydrogen-bond donors (Lipinski definition) is 0. The number of fused-ring (bicyclic) bond motifs is 1. The van der Waals surface area contributed by atoms with Gasteiger partial charge < -0.3 is 14.4 Å². The molecular formula is C19H24ClNO2. The molecule has 3 nitrogen and oxygen atoms in total. The van der Waals surface area contributed by atoms with E-state index < -0.39 is 0 Å². The van der Waals surface area contributed by atoms with Crippen LogP contribution in [0.15, 0.2) is 48.5 Å². The second kappa shape index (κ2) is 8.23. The lowest BCUT2D eigenvalue weighted by Crippen LogP contribution is -2.19. The summed E-state index contributed by atoms with van der Waals surface area (Å²) in [5.74, 6) is 2.26. The molecule has 1 unspecified atom stereocenters. The molecule has 2 aromatic rings. The van der Waals surface area contributed by atoms with E-state index in [1.54, 1.807) is 0 Å². The number of benzene rings is 2. The van der Waals surface area contributed by atoms with Crippen LogP contribution in [0.2, 0.25) is 0 Å². The minimum absolute atomic E-state index is 0. The average Bonchev–Trinajstić information content (AvgIpc) is 2.54. The van der Waals surface area contributed by atoms with Crippen molar-refractivity contribution in [3.63, 3.8) is 0 Å². The fourth-order valence-electron chi connectivity index (χ4n) is 2.84. The molecule has 4 heteroatoms. The van der Waals surface area contributed by atoms with Gasteiger partial charge in [-0.3, -0.25) is 0 Å². The van der Waals surface area contributed by atoms with Crippen LogP contribution in [0, 0.1) is 0 Å². The number of nitrogens with zero attached hydrogens (tertiary/aromatic N) is 1. The van der Waals surface area contributed by atoms with Crippen LogP contribution in [-0.2, 0) is 0 Å². The summed E-state index contributed by atoms with van der Waals surface area (Å²) < 4.78 is 11.7. The number of hydrogen-bond acceptors (Lipinski definition) is 3. The molecule has 1 aliphatic heterocycles. The highest BCUT2D eigenvalue weighted by Gasteiger charge is 2.23. The van der Waals surface area contributed by atoms with Gasteiger partial charge in [0.25, 0.3) is 0 Å². The molecule has 0 aliphatic carbocycles. The van der Waals surface area contributed by atoms with Crippen LogP contribution in [0.3, 0.4) is 0 Å². The van der Waals surface area contributed by atoms with Crippen LogP contribution >= 0.6 is 12.4 Å². The highest BCUT2D eigenvalue weighted by Crippen LogP contribution is 2.39. The molecule has 0 saturated carbocycles. The first kappa shape index (κ1) is 17.6. The summed E-state index contributed by atoms with van der Waals surface area (Å²) in [5, 5.41) is 0. The van der Waals surface area contributed by atoms with E-state index in [0.717, 1.165) is 31.1 Å². The Morgan fingerprint density at radius 3 is 2.65 bits per heavy atom. The lowest BCUT2D eigenvalue weighted by atomic mass is 9.87. The summed E-state index contributed by atoms with van der Waals surface area (Å²) in [7, 11) is 4.09. The maximum atomic E-state index is 5.85. The van der Waals surface area contributed by atoms with Crippen molar-refractivity contribution in [2.45, 2.75) is 12.3 Å². The maximum absolute atomic E-state index is 5.85. The second-order valence-corrected chi connectivity index (χ2v) is 5.95. The number of rotatable bonds is 5. The molecule has 0 spiro atoms. The highest BCUT2D eigenvalue weighted by molar-refractivity contribution is 5.85. The monoisotopic (exact) mass is 333 g/mol. The molecule has 1 aliphatic rings. The van der Waals surface area contributed by atoms with Crippen molar-refractivity contribution in [1.82, 2.24) is 4.90 Å². The number of ether oxygens (including phenoxy) is 2. The van der Waals surface area contributed by atoms with Gasteiger partial charge in [0.15, 0.2) is 0 Å². The lowest BCUT2D eigenvalue weighted by Gasteiger charge is -2.26. The summed E-state index contributed by atoms with van der Waals surface area (Å²) >= 11 is 0. The Kier molecular flexibility index (Phi) is 6.31. The zero-order valence-corrected chi connectivity index (χ0v) is 14.5. The Morgan fingerprint density at radius 1 is 1.13 bits per heavy atom. The van der Waals surface area contributed by atoms with Crippen LogP contribution in [0.4, 0.5) is 0 Å². The fraction of sp³-hybridized carbons (Fsp3) is 0.368. The molecule has 0 saturated heterocycles. The fourth-order valence-corrected chi connectivity index (χ4v) is 2.84. The largest absolute Gasteiger partial charge is 0.493 e. The van der Waals surface area contributed by atoms with Crippen molar-refractivity contribution in [3.8, 4) is 11.5 Å². The Bertz CT molecular complexity index is 616. The molecule has 0 fully saturated rings. The molecule has 0 N–H and O–H groups in total. The van der Waals surface area contributed by atoms with E-state index in [1.807, 2.05) is 20.2 Å². The molecule has 1 atom stereocenters. The van der Waals surface area contributed by atoms with E-state index in [0.29, 0.717) is 12.5 Å². The summed E-state index contributed by atoms with van der Waals surface area (Å²) in [4.78, 5) is 2.11. The third kappa shape index (κ3) is 4.40. The number of halogens is 1. The zero-order chi connectivity index (χ0) is 15.4. The van der Waals surface area contributed by atoms with E-state index in [1.165, 1.54) is 11.1 Å². The van der Waals surface area contributed by atoms with Gasteiger partial charge in [-0.05, 0) is 32.1 Å². The van der Waals surface area contributed by atoms with Gasteiger partial charge in [-0.15, -0.1) is 12.4 Å². The first-order chi connectivity index (χ1) is 10.7. The van der Waals surface area contributed by atoms with Crippen LogP contribution in [0.5, 0.6) is 11.5 Å². The summed E-state index contributed by atoms with van der Waals surface area (Å²) in [6.45, 7) is 2.35. The molecule has 23 heavy (non-hydrogen) atoms. The van der Waals surface area contributed by atoms with Crippen molar-refractivity contribution in [2.75, 3.05) is 33.9 Å². The quantitative estimate of drug-likeness (QED) is 0.826. The molecule has 0 aromatic heterocycles. The standard InChI is InChI=1S/C19H23NO2.ClH/c1-20(2)11-13-21-16-8-9-18-17(10-12-22-19(18)14-16)15-6-4-3-5-7-15;/h3-9,14,17H,10-13H2,1-2H3;1H. The normalized spacial score (nSPS) is 16.2. The first-order valence-corrected chi connectivity index (χ1v) is 7.83. The van der Waals surface area contributed by atoms with Crippen molar-refractivity contribution < 1.29 is 9.47 Å². The van der Waals surface area contributed by atoms with Crippen molar-refractivity contribution in [3.05, 3.63) is 59.7 Å². The van der Waals surface area contributed by atoms with Crippen LogP contribution in [-0.4, -0.2) is 38.8 Å². The van der Waals surface area contributed by atoms with Crippen LogP contribution in [0.25, 0.3) is 0 Å². The smallest absolute Gasteiger partial charge is 0.126 e. The minimum Gasteiger partial charge on any atom is -0.493 e. The van der Waals surface area contributed by atoms with Gasteiger partial charge in [-0.1, -0.05) is 36.4 Å². The third-order valence-electron chi connectivity index (χ3n) is 4.03. The Balaban J connectivity index is 0.00000192. The summed E-state index contributed by atoms with van der Waals surface area (Å²) in [6.07, 6.45) is 1.03. The molecule has 3 rings (SSSR count). The molecule has 1 heterocycles. The Labute approximate surface area is 144 Å². The van der Waals surface area contributed by atoms with E-state index in [4.69, 9.17) is 9.47 Å². The van der Waals surface area contributed by atoms with Crippen LogP contribution < -0.4 is 9.47 Å². The highest BCUT2D eigenvalue weighted by atomic mass is 35.5. The molecule has 0 bridgehead atoms. The van der Waals surface area contributed by atoms with E-state index in [-0.39, 0.29) is 12.4 Å². The minimum atomic E-state index is 0. The van der Waals surface area contributed by atoms with Crippen molar-refractivity contribution in [2.24, 2.45) is 0 Å². The molecule has 124 valence electrons. The lowest BCUT2D eigenvalue weighted by molar-refractivity contribution is 0.253. The molecule has 0 radical (unpaired) electrons.